The van der Waals surface area contributed by atoms with Crippen LogP contribution in [0.2, 0.25) is 5.02 Å². The molecule has 0 fully saturated rings. The van der Waals surface area contributed by atoms with E-state index in [0.717, 1.165) is 5.56 Å². The fourth-order valence-corrected chi connectivity index (χ4v) is 1.32. The molecule has 0 aliphatic heterocycles. The molecular weight excluding hydrogens is 172 g/mol. The lowest BCUT2D eigenvalue weighted by Crippen LogP contribution is -2.05. The lowest BCUT2D eigenvalue weighted by molar-refractivity contribution is 0.127. The quantitative estimate of drug-likeness (QED) is 0.749. The second kappa shape index (κ2) is 3.92. The molecule has 0 amide bonds. The zero-order chi connectivity index (χ0) is 9.14. The van der Waals surface area contributed by atoms with Gasteiger partial charge < -0.3 is 5.11 Å². The van der Waals surface area contributed by atoms with E-state index in [4.69, 9.17) is 11.6 Å². The Balaban J connectivity index is 2.94. The van der Waals surface area contributed by atoms with Crippen molar-refractivity contribution in [2.45, 2.75) is 20.0 Å². The van der Waals surface area contributed by atoms with Gasteiger partial charge in [0, 0.05) is 5.02 Å². The SMILES string of the molecule is CC(C)[C@H](O)c1ccccc1Cl. The summed E-state index contributed by atoms with van der Waals surface area (Å²) in [6.07, 6.45) is -0.460. The minimum atomic E-state index is -0.460. The molecule has 1 aromatic rings. The fourth-order valence-electron chi connectivity index (χ4n) is 1.07. The van der Waals surface area contributed by atoms with Gasteiger partial charge >= 0.3 is 0 Å². The van der Waals surface area contributed by atoms with Crippen LogP contribution in [0.4, 0.5) is 0 Å². The second-order valence-corrected chi connectivity index (χ2v) is 3.62. The number of rotatable bonds is 2. The molecule has 2 heteroatoms. The highest BCUT2D eigenvalue weighted by Gasteiger charge is 2.13. The molecule has 1 N–H and O–H groups in total. The van der Waals surface area contributed by atoms with Crippen molar-refractivity contribution < 1.29 is 5.11 Å². The lowest BCUT2D eigenvalue weighted by Gasteiger charge is -2.15. The van der Waals surface area contributed by atoms with E-state index in [-0.39, 0.29) is 5.92 Å². The van der Waals surface area contributed by atoms with Crippen LogP contribution in [-0.2, 0) is 0 Å². The largest absolute Gasteiger partial charge is 0.388 e. The van der Waals surface area contributed by atoms with Crippen LogP contribution in [0.1, 0.15) is 25.5 Å². The summed E-state index contributed by atoms with van der Waals surface area (Å²) >= 11 is 5.90. The van der Waals surface area contributed by atoms with E-state index in [1.165, 1.54) is 0 Å². The summed E-state index contributed by atoms with van der Waals surface area (Å²) in [6.45, 7) is 3.93. The molecule has 0 spiro atoms. The van der Waals surface area contributed by atoms with Crippen LogP contribution < -0.4 is 0 Å². The summed E-state index contributed by atoms with van der Waals surface area (Å²) in [5.41, 5.74) is 0.814. The van der Waals surface area contributed by atoms with Crippen molar-refractivity contribution >= 4 is 11.6 Å². The minimum absolute atomic E-state index is 0.199. The van der Waals surface area contributed by atoms with Crippen molar-refractivity contribution in [1.29, 1.82) is 0 Å². The molecule has 1 nitrogen and oxygen atoms in total. The van der Waals surface area contributed by atoms with Gasteiger partial charge in [0.1, 0.15) is 0 Å². The Kier molecular flexibility index (Phi) is 3.12. The summed E-state index contributed by atoms with van der Waals surface area (Å²) in [6, 6.07) is 7.39. The summed E-state index contributed by atoms with van der Waals surface area (Å²) < 4.78 is 0. The Morgan fingerprint density at radius 1 is 1.25 bits per heavy atom. The molecule has 0 unspecified atom stereocenters. The van der Waals surface area contributed by atoms with E-state index in [1.54, 1.807) is 6.07 Å². The summed E-state index contributed by atoms with van der Waals surface area (Å²) in [5, 5.41) is 10.3. The molecule has 12 heavy (non-hydrogen) atoms. The molecule has 0 aliphatic rings. The van der Waals surface area contributed by atoms with Crippen LogP contribution in [0.5, 0.6) is 0 Å². The monoisotopic (exact) mass is 184 g/mol. The summed E-state index contributed by atoms with van der Waals surface area (Å²) in [5.74, 6) is 0.199. The van der Waals surface area contributed by atoms with E-state index >= 15 is 0 Å². The number of hydrogen-bond donors (Lipinski definition) is 1. The number of aliphatic hydroxyl groups is 1. The number of benzene rings is 1. The van der Waals surface area contributed by atoms with Crippen LogP contribution in [0, 0.1) is 5.92 Å². The Morgan fingerprint density at radius 3 is 2.33 bits per heavy atom. The van der Waals surface area contributed by atoms with Gasteiger partial charge in [-0.25, -0.2) is 0 Å². The number of halogens is 1. The van der Waals surface area contributed by atoms with Crippen LogP contribution in [0.15, 0.2) is 24.3 Å². The average molecular weight is 185 g/mol. The molecular formula is C10H13ClO. The van der Waals surface area contributed by atoms with Gasteiger partial charge in [-0.3, -0.25) is 0 Å². The third-order valence-electron chi connectivity index (χ3n) is 1.86. The number of hydrogen-bond acceptors (Lipinski definition) is 1. The van der Waals surface area contributed by atoms with Crippen molar-refractivity contribution in [3.8, 4) is 0 Å². The van der Waals surface area contributed by atoms with Gasteiger partial charge in [-0.1, -0.05) is 43.6 Å². The lowest BCUT2D eigenvalue weighted by atomic mass is 9.99. The van der Waals surface area contributed by atoms with Gasteiger partial charge in [0.2, 0.25) is 0 Å². The third kappa shape index (κ3) is 1.99. The Bertz CT molecular complexity index is 258. The van der Waals surface area contributed by atoms with E-state index in [9.17, 15) is 5.11 Å². The van der Waals surface area contributed by atoms with Crippen LogP contribution in [0.25, 0.3) is 0 Å². The van der Waals surface area contributed by atoms with Crippen molar-refractivity contribution in [3.63, 3.8) is 0 Å². The molecule has 66 valence electrons. The summed E-state index contributed by atoms with van der Waals surface area (Å²) in [4.78, 5) is 0. The molecule has 0 heterocycles. The Hall–Kier alpha value is -0.530. The first-order valence-electron chi connectivity index (χ1n) is 4.05. The van der Waals surface area contributed by atoms with Crippen molar-refractivity contribution in [2.24, 2.45) is 5.92 Å². The van der Waals surface area contributed by atoms with Gasteiger partial charge in [0.15, 0.2) is 0 Å². The van der Waals surface area contributed by atoms with Gasteiger partial charge in [-0.15, -0.1) is 0 Å². The zero-order valence-corrected chi connectivity index (χ0v) is 8.05. The van der Waals surface area contributed by atoms with Gasteiger partial charge in [-0.2, -0.15) is 0 Å². The molecule has 0 saturated carbocycles. The van der Waals surface area contributed by atoms with Gasteiger partial charge in [0.25, 0.3) is 0 Å². The Labute approximate surface area is 78.0 Å². The third-order valence-corrected chi connectivity index (χ3v) is 2.20. The van der Waals surface area contributed by atoms with E-state index in [1.807, 2.05) is 32.0 Å². The van der Waals surface area contributed by atoms with Crippen LogP contribution in [0.3, 0.4) is 0 Å². The first kappa shape index (κ1) is 9.56. The topological polar surface area (TPSA) is 20.2 Å². The average Bonchev–Trinajstić information content (AvgIpc) is 2.04. The molecule has 1 aromatic carbocycles. The van der Waals surface area contributed by atoms with E-state index in [2.05, 4.69) is 0 Å². The molecule has 0 aromatic heterocycles. The smallest absolute Gasteiger partial charge is 0.0827 e. The predicted molar refractivity (Wildman–Crippen MR) is 51.2 cm³/mol. The van der Waals surface area contributed by atoms with Crippen molar-refractivity contribution in [3.05, 3.63) is 34.9 Å². The minimum Gasteiger partial charge on any atom is -0.388 e. The fraction of sp³-hybridized carbons (Fsp3) is 0.400. The second-order valence-electron chi connectivity index (χ2n) is 3.21. The molecule has 1 atom stereocenters. The van der Waals surface area contributed by atoms with Crippen molar-refractivity contribution in [2.75, 3.05) is 0 Å². The molecule has 1 rings (SSSR count). The molecule has 0 bridgehead atoms. The highest BCUT2D eigenvalue weighted by atomic mass is 35.5. The van der Waals surface area contributed by atoms with Crippen molar-refractivity contribution in [1.82, 2.24) is 0 Å². The summed E-state index contributed by atoms with van der Waals surface area (Å²) in [7, 11) is 0. The standard InChI is InChI=1S/C10H13ClO/c1-7(2)10(12)8-5-3-4-6-9(8)11/h3-7,10,12H,1-2H3/t10-/m0/s1. The maximum atomic E-state index is 9.69. The zero-order valence-electron chi connectivity index (χ0n) is 7.29. The highest BCUT2D eigenvalue weighted by molar-refractivity contribution is 6.31. The van der Waals surface area contributed by atoms with E-state index < -0.39 is 6.10 Å². The highest BCUT2D eigenvalue weighted by Crippen LogP contribution is 2.27. The molecule has 0 saturated heterocycles. The van der Waals surface area contributed by atoms with Gasteiger partial charge in [-0.05, 0) is 17.5 Å². The molecule has 0 radical (unpaired) electrons. The van der Waals surface area contributed by atoms with Crippen LogP contribution >= 0.6 is 11.6 Å². The predicted octanol–water partition coefficient (Wildman–Crippen LogP) is 3.03. The normalized spacial score (nSPS) is 13.4. The first-order chi connectivity index (χ1) is 5.63. The maximum Gasteiger partial charge on any atom is 0.0827 e. The van der Waals surface area contributed by atoms with Crippen LogP contribution in [-0.4, -0.2) is 5.11 Å². The van der Waals surface area contributed by atoms with E-state index in [0.29, 0.717) is 5.02 Å². The molecule has 0 aliphatic carbocycles. The first-order valence-corrected chi connectivity index (χ1v) is 4.43. The number of aliphatic hydroxyl groups excluding tert-OH is 1. The Morgan fingerprint density at radius 2 is 1.83 bits per heavy atom. The van der Waals surface area contributed by atoms with Gasteiger partial charge in [0.05, 0.1) is 6.10 Å². The maximum absolute atomic E-state index is 9.69.